The highest BCUT2D eigenvalue weighted by Crippen LogP contribution is 2.21. The van der Waals surface area contributed by atoms with Crippen LogP contribution in [0.2, 0.25) is 0 Å². The molecule has 0 unspecified atom stereocenters. The minimum absolute atomic E-state index is 0.168. The van der Waals surface area contributed by atoms with Crippen LogP contribution in [-0.4, -0.2) is 17.6 Å². The Kier molecular flexibility index (Phi) is 7.07. The van der Waals surface area contributed by atoms with Gasteiger partial charge in [-0.15, -0.1) is 0 Å². The number of amides is 1. The van der Waals surface area contributed by atoms with Gasteiger partial charge in [-0.05, 0) is 78.2 Å². The number of halogens is 1. The van der Waals surface area contributed by atoms with Crippen LogP contribution in [0.1, 0.15) is 23.6 Å². The highest BCUT2D eigenvalue weighted by atomic mass is 19.1. The zero-order valence-electron chi connectivity index (χ0n) is 19.3. The first-order valence-corrected chi connectivity index (χ1v) is 11.3. The number of benzene rings is 3. The van der Waals surface area contributed by atoms with E-state index in [1.807, 2.05) is 18.2 Å². The van der Waals surface area contributed by atoms with E-state index in [0.717, 1.165) is 23.8 Å². The molecule has 0 bridgehead atoms. The van der Waals surface area contributed by atoms with E-state index >= 15 is 0 Å². The Morgan fingerprint density at radius 3 is 2.32 bits per heavy atom. The molecule has 174 valence electrons. The zero-order chi connectivity index (χ0) is 24.1. The van der Waals surface area contributed by atoms with E-state index in [-0.39, 0.29) is 23.8 Å². The number of rotatable bonds is 8. The number of ether oxygens (including phenoxy) is 1. The van der Waals surface area contributed by atoms with Gasteiger partial charge in [0.15, 0.2) is 0 Å². The van der Waals surface area contributed by atoms with Gasteiger partial charge in [-0.3, -0.25) is 14.2 Å². The van der Waals surface area contributed by atoms with Crippen molar-refractivity contribution < 1.29 is 13.9 Å². The smallest absolute Gasteiger partial charge is 0.254 e. The first-order valence-electron chi connectivity index (χ1n) is 11.3. The third kappa shape index (κ3) is 5.34. The molecule has 3 aromatic carbocycles. The summed E-state index contributed by atoms with van der Waals surface area (Å²) in [7, 11) is 1.56. The minimum Gasteiger partial charge on any atom is -0.497 e. The Morgan fingerprint density at radius 1 is 0.941 bits per heavy atom. The summed E-state index contributed by atoms with van der Waals surface area (Å²) in [6.07, 6.45) is 2.27. The lowest BCUT2D eigenvalue weighted by atomic mass is 10.0. The fourth-order valence-electron chi connectivity index (χ4n) is 3.97. The molecule has 1 aromatic heterocycles. The maximum absolute atomic E-state index is 13.4. The van der Waals surface area contributed by atoms with Crippen molar-refractivity contribution in [3.8, 4) is 5.75 Å². The number of aryl methyl sites for hydroxylation is 3. The first kappa shape index (κ1) is 23.2. The second-order valence-electron chi connectivity index (χ2n) is 8.21. The average Bonchev–Trinajstić information content (AvgIpc) is 2.86. The molecule has 1 N–H and O–H groups in total. The van der Waals surface area contributed by atoms with Crippen molar-refractivity contribution in [3.05, 3.63) is 106 Å². The Hall–Kier alpha value is -3.93. The molecule has 6 heteroatoms. The molecule has 0 aliphatic carbocycles. The van der Waals surface area contributed by atoms with Crippen LogP contribution in [0.4, 0.5) is 10.1 Å². The van der Waals surface area contributed by atoms with E-state index in [0.29, 0.717) is 28.9 Å². The topological polar surface area (TPSA) is 60.3 Å². The van der Waals surface area contributed by atoms with Gasteiger partial charge in [0.2, 0.25) is 5.91 Å². The molecule has 1 heterocycles. The zero-order valence-corrected chi connectivity index (χ0v) is 19.3. The highest BCUT2D eigenvalue weighted by Gasteiger charge is 2.14. The summed E-state index contributed by atoms with van der Waals surface area (Å²) < 4.78 is 20.0. The van der Waals surface area contributed by atoms with Gasteiger partial charge in [0.1, 0.15) is 18.1 Å². The summed E-state index contributed by atoms with van der Waals surface area (Å²) >= 11 is 0. The number of hydrogen-bond donors (Lipinski definition) is 1. The van der Waals surface area contributed by atoms with E-state index in [2.05, 4.69) is 36.5 Å². The summed E-state index contributed by atoms with van der Waals surface area (Å²) in [5.41, 5.74) is 3.96. The van der Waals surface area contributed by atoms with Crippen LogP contribution in [0.3, 0.4) is 0 Å². The molecule has 4 rings (SSSR count). The second-order valence-corrected chi connectivity index (χ2v) is 8.21. The van der Waals surface area contributed by atoms with Crippen molar-refractivity contribution in [3.63, 3.8) is 0 Å². The Bertz CT molecular complexity index is 1360. The molecular weight excluding hydrogens is 431 g/mol. The van der Waals surface area contributed by atoms with E-state index in [4.69, 9.17) is 4.74 Å². The molecule has 0 fully saturated rings. The average molecular weight is 459 g/mol. The maximum atomic E-state index is 13.4. The van der Waals surface area contributed by atoms with Gasteiger partial charge < -0.3 is 10.1 Å². The monoisotopic (exact) mass is 458 g/mol. The third-order valence-corrected chi connectivity index (χ3v) is 5.92. The molecule has 0 spiro atoms. The summed E-state index contributed by atoms with van der Waals surface area (Å²) in [4.78, 5) is 26.2. The number of anilines is 1. The Balaban J connectivity index is 1.64. The second kappa shape index (κ2) is 10.3. The molecule has 34 heavy (non-hydrogen) atoms. The van der Waals surface area contributed by atoms with Crippen molar-refractivity contribution >= 4 is 22.5 Å². The van der Waals surface area contributed by atoms with Crippen LogP contribution in [-0.2, 0) is 30.6 Å². The van der Waals surface area contributed by atoms with Gasteiger partial charge in [0, 0.05) is 17.3 Å². The van der Waals surface area contributed by atoms with Crippen molar-refractivity contribution in [1.82, 2.24) is 4.57 Å². The first-order chi connectivity index (χ1) is 16.5. The van der Waals surface area contributed by atoms with Gasteiger partial charge in [0.05, 0.1) is 12.6 Å². The SMILES string of the molecule is CCc1ccc(CCc2cc3ccc(OC)cc3n(CC(=O)Nc3ccc(F)cc3)c2=O)cc1. The van der Waals surface area contributed by atoms with Crippen LogP contribution in [0.25, 0.3) is 10.9 Å². The summed E-state index contributed by atoms with van der Waals surface area (Å²) in [6, 6.07) is 21.3. The van der Waals surface area contributed by atoms with Gasteiger partial charge >= 0.3 is 0 Å². The number of fused-ring (bicyclic) bond motifs is 1. The van der Waals surface area contributed by atoms with Crippen molar-refractivity contribution in [2.24, 2.45) is 0 Å². The van der Waals surface area contributed by atoms with Crippen molar-refractivity contribution in [1.29, 1.82) is 0 Å². The number of hydrogen-bond acceptors (Lipinski definition) is 3. The van der Waals surface area contributed by atoms with Gasteiger partial charge in [-0.2, -0.15) is 0 Å². The molecule has 0 aliphatic rings. The molecule has 0 atom stereocenters. The maximum Gasteiger partial charge on any atom is 0.254 e. The predicted molar refractivity (Wildman–Crippen MR) is 133 cm³/mol. The lowest BCUT2D eigenvalue weighted by Crippen LogP contribution is -2.30. The molecule has 5 nitrogen and oxygen atoms in total. The number of carbonyl (C=O) groups is 1. The number of nitrogens with one attached hydrogen (secondary N) is 1. The number of aromatic nitrogens is 1. The summed E-state index contributed by atoms with van der Waals surface area (Å²) in [5, 5.41) is 3.58. The molecular formula is C28H27FN2O3. The third-order valence-electron chi connectivity index (χ3n) is 5.92. The lowest BCUT2D eigenvalue weighted by molar-refractivity contribution is -0.116. The van der Waals surface area contributed by atoms with Crippen molar-refractivity contribution in [2.75, 3.05) is 12.4 Å². The lowest BCUT2D eigenvalue weighted by Gasteiger charge is -2.14. The van der Waals surface area contributed by atoms with E-state index in [1.54, 1.807) is 13.2 Å². The van der Waals surface area contributed by atoms with Crippen LogP contribution < -0.4 is 15.6 Å². The number of methoxy groups -OCH3 is 1. The van der Waals surface area contributed by atoms with E-state index in [1.165, 1.54) is 34.4 Å². The molecule has 4 aromatic rings. The van der Waals surface area contributed by atoms with Crippen LogP contribution in [0.5, 0.6) is 5.75 Å². The molecule has 1 amide bonds. The number of carbonyl (C=O) groups excluding carboxylic acids is 1. The van der Waals surface area contributed by atoms with Crippen LogP contribution in [0.15, 0.2) is 77.6 Å². The molecule has 0 aliphatic heterocycles. The number of pyridine rings is 1. The largest absolute Gasteiger partial charge is 0.497 e. The summed E-state index contributed by atoms with van der Waals surface area (Å²) in [5.74, 6) is -0.155. The highest BCUT2D eigenvalue weighted by molar-refractivity contribution is 5.92. The predicted octanol–water partition coefficient (Wildman–Crippen LogP) is 5.14. The van der Waals surface area contributed by atoms with Gasteiger partial charge in [0.25, 0.3) is 5.56 Å². The standard InChI is InChI=1S/C28H27FN2O3/c1-3-19-4-6-20(7-5-19)8-9-22-16-21-10-15-25(34-2)17-26(21)31(28(22)33)18-27(32)30-24-13-11-23(29)12-14-24/h4-7,10-17H,3,8-9,18H2,1-2H3,(H,30,32). The van der Waals surface area contributed by atoms with Gasteiger partial charge in [-0.1, -0.05) is 31.2 Å². The molecule has 0 saturated carbocycles. The van der Waals surface area contributed by atoms with Crippen LogP contribution in [0, 0.1) is 5.82 Å². The van der Waals surface area contributed by atoms with Gasteiger partial charge in [-0.25, -0.2) is 4.39 Å². The minimum atomic E-state index is -0.385. The van der Waals surface area contributed by atoms with E-state index in [9.17, 15) is 14.0 Å². The normalized spacial score (nSPS) is 10.9. The Morgan fingerprint density at radius 2 is 1.65 bits per heavy atom. The fourth-order valence-corrected chi connectivity index (χ4v) is 3.97. The fraction of sp³-hybridized carbons (Fsp3) is 0.214. The van der Waals surface area contributed by atoms with E-state index < -0.39 is 0 Å². The molecule has 0 saturated heterocycles. The molecule has 0 radical (unpaired) electrons. The summed E-state index contributed by atoms with van der Waals surface area (Å²) in [6.45, 7) is 1.95. The van der Waals surface area contributed by atoms with Crippen LogP contribution >= 0.6 is 0 Å². The number of nitrogens with zero attached hydrogens (tertiary/aromatic N) is 1. The van der Waals surface area contributed by atoms with Crippen molar-refractivity contribution in [2.45, 2.75) is 32.7 Å². The Labute approximate surface area is 197 Å². The quantitative estimate of drug-likeness (QED) is 0.398.